The monoisotopic (exact) mass is 365 g/mol. The smallest absolute Gasteiger partial charge is 0.337 e. The van der Waals surface area contributed by atoms with E-state index in [1.807, 2.05) is 18.3 Å². The quantitative estimate of drug-likeness (QED) is 0.679. The zero-order chi connectivity index (χ0) is 18.6. The first-order chi connectivity index (χ1) is 13.2. The Morgan fingerprint density at radius 1 is 1.19 bits per heavy atom. The first kappa shape index (κ1) is 17.4. The van der Waals surface area contributed by atoms with Crippen LogP contribution in [0.4, 0.5) is 11.4 Å². The van der Waals surface area contributed by atoms with E-state index in [0.717, 1.165) is 48.5 Å². The SMILES string of the molecule is COC(=O)c1ccc2c(CNc3ccc(N4CCOCC4)cc3)c[nH]c2c1. The maximum absolute atomic E-state index is 11.7. The summed E-state index contributed by atoms with van der Waals surface area (Å²) < 4.78 is 10.2. The summed E-state index contributed by atoms with van der Waals surface area (Å²) in [4.78, 5) is 17.2. The van der Waals surface area contributed by atoms with Gasteiger partial charge >= 0.3 is 5.97 Å². The van der Waals surface area contributed by atoms with Crippen LogP contribution in [-0.4, -0.2) is 44.4 Å². The van der Waals surface area contributed by atoms with Gasteiger partial charge in [0, 0.05) is 48.1 Å². The van der Waals surface area contributed by atoms with Gasteiger partial charge in [-0.15, -0.1) is 0 Å². The minimum atomic E-state index is -0.327. The molecule has 2 N–H and O–H groups in total. The fourth-order valence-corrected chi connectivity index (χ4v) is 3.39. The normalized spacial score (nSPS) is 14.3. The average Bonchev–Trinajstić information content (AvgIpc) is 3.15. The van der Waals surface area contributed by atoms with Crippen LogP contribution in [0.25, 0.3) is 10.9 Å². The van der Waals surface area contributed by atoms with E-state index in [4.69, 9.17) is 9.47 Å². The van der Waals surface area contributed by atoms with E-state index >= 15 is 0 Å². The summed E-state index contributed by atoms with van der Waals surface area (Å²) in [5.74, 6) is -0.327. The third-order valence-electron chi connectivity index (χ3n) is 4.92. The van der Waals surface area contributed by atoms with E-state index in [1.54, 1.807) is 6.07 Å². The van der Waals surface area contributed by atoms with Crippen molar-refractivity contribution < 1.29 is 14.3 Å². The summed E-state index contributed by atoms with van der Waals surface area (Å²) in [5.41, 5.74) is 4.93. The maximum Gasteiger partial charge on any atom is 0.337 e. The third-order valence-corrected chi connectivity index (χ3v) is 4.92. The first-order valence-corrected chi connectivity index (χ1v) is 9.09. The number of benzene rings is 2. The Morgan fingerprint density at radius 2 is 1.96 bits per heavy atom. The Bertz CT molecular complexity index is 927. The topological polar surface area (TPSA) is 66.6 Å². The Kier molecular flexibility index (Phi) is 4.98. The molecule has 6 nitrogen and oxygen atoms in total. The Labute approximate surface area is 158 Å². The number of nitrogens with zero attached hydrogens (tertiary/aromatic N) is 1. The second-order valence-electron chi connectivity index (χ2n) is 6.57. The molecule has 1 aromatic heterocycles. The Morgan fingerprint density at radius 3 is 2.70 bits per heavy atom. The Balaban J connectivity index is 1.43. The molecule has 0 aliphatic carbocycles. The van der Waals surface area contributed by atoms with Crippen LogP contribution in [0, 0.1) is 0 Å². The molecule has 4 rings (SSSR count). The number of ether oxygens (including phenoxy) is 2. The molecule has 1 saturated heterocycles. The number of hydrogen-bond donors (Lipinski definition) is 2. The highest BCUT2D eigenvalue weighted by Gasteiger charge is 2.11. The van der Waals surface area contributed by atoms with Crippen molar-refractivity contribution in [3.63, 3.8) is 0 Å². The summed E-state index contributed by atoms with van der Waals surface area (Å²) in [6.07, 6.45) is 1.97. The summed E-state index contributed by atoms with van der Waals surface area (Å²) >= 11 is 0. The lowest BCUT2D eigenvalue weighted by molar-refractivity contribution is 0.0601. The predicted molar refractivity (Wildman–Crippen MR) is 106 cm³/mol. The van der Waals surface area contributed by atoms with Crippen molar-refractivity contribution in [1.82, 2.24) is 4.98 Å². The van der Waals surface area contributed by atoms with E-state index in [1.165, 1.54) is 12.8 Å². The number of morpholine rings is 1. The number of hydrogen-bond acceptors (Lipinski definition) is 5. The van der Waals surface area contributed by atoms with E-state index in [9.17, 15) is 4.79 Å². The molecule has 1 fully saturated rings. The molecule has 3 aromatic rings. The van der Waals surface area contributed by atoms with Crippen LogP contribution in [0.1, 0.15) is 15.9 Å². The van der Waals surface area contributed by atoms with Gasteiger partial charge in [-0.1, -0.05) is 6.07 Å². The fourth-order valence-electron chi connectivity index (χ4n) is 3.39. The van der Waals surface area contributed by atoms with Crippen molar-refractivity contribution in [3.8, 4) is 0 Å². The molecule has 0 spiro atoms. The molecular formula is C21H23N3O3. The number of H-pyrrole nitrogens is 1. The number of nitrogens with one attached hydrogen (secondary N) is 2. The largest absolute Gasteiger partial charge is 0.465 e. The van der Waals surface area contributed by atoms with Crippen molar-refractivity contribution in [1.29, 1.82) is 0 Å². The summed E-state index contributed by atoms with van der Waals surface area (Å²) in [6.45, 7) is 4.16. The third kappa shape index (κ3) is 3.75. The van der Waals surface area contributed by atoms with Gasteiger partial charge < -0.3 is 24.7 Å². The molecule has 0 unspecified atom stereocenters. The zero-order valence-corrected chi connectivity index (χ0v) is 15.3. The molecule has 6 heteroatoms. The van der Waals surface area contributed by atoms with Crippen LogP contribution in [0.5, 0.6) is 0 Å². The molecule has 27 heavy (non-hydrogen) atoms. The van der Waals surface area contributed by atoms with Crippen molar-refractivity contribution in [2.24, 2.45) is 0 Å². The van der Waals surface area contributed by atoms with E-state index in [2.05, 4.69) is 39.5 Å². The molecule has 0 atom stereocenters. The van der Waals surface area contributed by atoms with Crippen LogP contribution in [-0.2, 0) is 16.0 Å². The van der Waals surface area contributed by atoms with E-state index in [0.29, 0.717) is 12.1 Å². The highest BCUT2D eigenvalue weighted by Crippen LogP contribution is 2.23. The van der Waals surface area contributed by atoms with Gasteiger partial charge in [-0.3, -0.25) is 0 Å². The summed E-state index contributed by atoms with van der Waals surface area (Å²) in [7, 11) is 1.39. The first-order valence-electron chi connectivity index (χ1n) is 9.09. The van der Waals surface area contributed by atoms with Crippen molar-refractivity contribution in [2.75, 3.05) is 43.6 Å². The lowest BCUT2D eigenvalue weighted by Crippen LogP contribution is -2.36. The molecule has 140 valence electrons. The number of carbonyl (C=O) groups excluding carboxylic acids is 1. The number of rotatable bonds is 5. The molecule has 0 amide bonds. The molecule has 2 aromatic carbocycles. The van der Waals surface area contributed by atoms with Gasteiger partial charge in [0.1, 0.15) is 0 Å². The van der Waals surface area contributed by atoms with Crippen LogP contribution < -0.4 is 10.2 Å². The van der Waals surface area contributed by atoms with Gasteiger partial charge in [0.25, 0.3) is 0 Å². The maximum atomic E-state index is 11.7. The van der Waals surface area contributed by atoms with Crippen molar-refractivity contribution >= 4 is 28.2 Å². The number of methoxy groups -OCH3 is 1. The molecule has 0 radical (unpaired) electrons. The van der Waals surface area contributed by atoms with E-state index < -0.39 is 0 Å². The number of aromatic nitrogens is 1. The fraction of sp³-hybridized carbons (Fsp3) is 0.286. The molecule has 0 bridgehead atoms. The van der Waals surface area contributed by atoms with Crippen molar-refractivity contribution in [3.05, 3.63) is 59.8 Å². The summed E-state index contributed by atoms with van der Waals surface area (Å²) in [5, 5.41) is 4.56. The lowest BCUT2D eigenvalue weighted by atomic mass is 10.1. The van der Waals surface area contributed by atoms with Crippen LogP contribution in [0.15, 0.2) is 48.7 Å². The number of anilines is 2. The second kappa shape index (κ2) is 7.72. The van der Waals surface area contributed by atoms with Gasteiger partial charge in [0.2, 0.25) is 0 Å². The molecule has 2 heterocycles. The zero-order valence-electron chi connectivity index (χ0n) is 15.3. The van der Waals surface area contributed by atoms with E-state index in [-0.39, 0.29) is 5.97 Å². The van der Waals surface area contributed by atoms with Gasteiger partial charge in [0.15, 0.2) is 0 Å². The Hall–Kier alpha value is -2.99. The lowest BCUT2D eigenvalue weighted by Gasteiger charge is -2.28. The van der Waals surface area contributed by atoms with Gasteiger partial charge in [0.05, 0.1) is 25.9 Å². The molecule has 0 saturated carbocycles. The number of fused-ring (bicyclic) bond motifs is 1. The van der Waals surface area contributed by atoms with Gasteiger partial charge in [-0.05, 0) is 42.0 Å². The molecule has 1 aliphatic rings. The highest BCUT2D eigenvalue weighted by atomic mass is 16.5. The predicted octanol–water partition coefficient (Wildman–Crippen LogP) is 3.40. The van der Waals surface area contributed by atoms with Crippen LogP contribution in [0.2, 0.25) is 0 Å². The van der Waals surface area contributed by atoms with Crippen molar-refractivity contribution in [2.45, 2.75) is 6.54 Å². The number of carbonyl (C=O) groups is 1. The molecular weight excluding hydrogens is 342 g/mol. The minimum absolute atomic E-state index is 0.327. The minimum Gasteiger partial charge on any atom is -0.465 e. The van der Waals surface area contributed by atoms with Gasteiger partial charge in [-0.25, -0.2) is 4.79 Å². The van der Waals surface area contributed by atoms with Crippen LogP contribution in [0.3, 0.4) is 0 Å². The summed E-state index contributed by atoms with van der Waals surface area (Å²) in [6, 6.07) is 14.1. The van der Waals surface area contributed by atoms with Crippen LogP contribution >= 0.6 is 0 Å². The number of esters is 1. The average molecular weight is 365 g/mol. The standard InChI is InChI=1S/C21H23N3O3/c1-26-21(25)15-2-7-19-16(14-23-20(19)12-15)13-22-17-3-5-18(6-4-17)24-8-10-27-11-9-24/h2-7,12,14,22-23H,8-11,13H2,1H3. The highest BCUT2D eigenvalue weighted by molar-refractivity contribution is 5.95. The number of aromatic amines is 1. The molecule has 1 aliphatic heterocycles. The van der Waals surface area contributed by atoms with Gasteiger partial charge in [-0.2, -0.15) is 0 Å². The second-order valence-corrected chi connectivity index (χ2v) is 6.57.